The molecule has 0 amide bonds. The lowest BCUT2D eigenvalue weighted by Gasteiger charge is -2.04. The third-order valence-corrected chi connectivity index (χ3v) is 2.69. The number of benzene rings is 1. The van der Waals surface area contributed by atoms with E-state index in [1.807, 2.05) is 6.92 Å². The zero-order valence-corrected chi connectivity index (χ0v) is 11.1. The second-order valence-electron chi connectivity index (χ2n) is 4.23. The molecule has 0 aliphatic heterocycles. The number of aryl methyl sites for hydroxylation is 1. The standard InChI is InChI=1S/C16H24O/c1-3-5-6-7-8-9-10-15-11-13-16(14-12-15)17-4-2/h6-7,11-14H,3-5,8-10H2,1-2H3. The Morgan fingerprint density at radius 3 is 2.35 bits per heavy atom. The molecule has 1 rings (SSSR count). The molecule has 0 radical (unpaired) electrons. The summed E-state index contributed by atoms with van der Waals surface area (Å²) < 4.78 is 5.42. The van der Waals surface area contributed by atoms with E-state index >= 15 is 0 Å². The summed E-state index contributed by atoms with van der Waals surface area (Å²) in [4.78, 5) is 0. The van der Waals surface area contributed by atoms with Gasteiger partial charge in [0.1, 0.15) is 5.75 Å². The fourth-order valence-corrected chi connectivity index (χ4v) is 1.75. The topological polar surface area (TPSA) is 9.23 Å². The summed E-state index contributed by atoms with van der Waals surface area (Å²) in [5.74, 6) is 0.971. The number of hydrogen-bond acceptors (Lipinski definition) is 1. The van der Waals surface area contributed by atoms with Crippen LogP contribution in [-0.2, 0) is 6.42 Å². The summed E-state index contributed by atoms with van der Waals surface area (Å²) in [6.07, 6.45) is 10.6. The summed E-state index contributed by atoms with van der Waals surface area (Å²) >= 11 is 0. The van der Waals surface area contributed by atoms with Crippen molar-refractivity contribution >= 4 is 0 Å². The second kappa shape index (κ2) is 8.86. The van der Waals surface area contributed by atoms with Gasteiger partial charge < -0.3 is 4.74 Å². The molecule has 94 valence electrons. The summed E-state index contributed by atoms with van der Waals surface area (Å²) in [6.45, 7) is 4.96. The number of unbranched alkanes of at least 4 members (excludes halogenated alkanes) is 2. The van der Waals surface area contributed by atoms with E-state index in [2.05, 4.69) is 43.3 Å². The Labute approximate surface area is 106 Å². The Morgan fingerprint density at radius 1 is 1.00 bits per heavy atom. The van der Waals surface area contributed by atoms with Crippen LogP contribution in [0.15, 0.2) is 36.4 Å². The quantitative estimate of drug-likeness (QED) is 0.463. The van der Waals surface area contributed by atoms with Crippen LogP contribution in [0.1, 0.15) is 45.1 Å². The van der Waals surface area contributed by atoms with Crippen LogP contribution in [0, 0.1) is 0 Å². The molecule has 0 spiro atoms. The summed E-state index contributed by atoms with van der Waals surface area (Å²) in [5, 5.41) is 0. The van der Waals surface area contributed by atoms with Gasteiger partial charge in [-0.3, -0.25) is 0 Å². The van der Waals surface area contributed by atoms with E-state index in [4.69, 9.17) is 4.74 Å². The predicted octanol–water partition coefficient (Wildman–Crippen LogP) is 4.76. The first kappa shape index (κ1) is 13.8. The van der Waals surface area contributed by atoms with Crippen LogP contribution in [0.3, 0.4) is 0 Å². The summed E-state index contributed by atoms with van der Waals surface area (Å²) in [5.41, 5.74) is 1.40. The van der Waals surface area contributed by atoms with Crippen LogP contribution in [-0.4, -0.2) is 6.61 Å². The van der Waals surface area contributed by atoms with Crippen molar-refractivity contribution in [3.05, 3.63) is 42.0 Å². The Kier molecular flexibility index (Phi) is 7.20. The monoisotopic (exact) mass is 232 g/mol. The van der Waals surface area contributed by atoms with E-state index in [-0.39, 0.29) is 0 Å². The fourth-order valence-electron chi connectivity index (χ4n) is 1.75. The lowest BCUT2D eigenvalue weighted by molar-refractivity contribution is 0.340. The number of ether oxygens (including phenoxy) is 1. The van der Waals surface area contributed by atoms with Crippen LogP contribution in [0.2, 0.25) is 0 Å². The first-order chi connectivity index (χ1) is 8.36. The zero-order chi connectivity index (χ0) is 12.3. The molecule has 0 aromatic heterocycles. The van der Waals surface area contributed by atoms with Gasteiger partial charge in [0.15, 0.2) is 0 Å². The summed E-state index contributed by atoms with van der Waals surface area (Å²) in [6, 6.07) is 8.46. The van der Waals surface area contributed by atoms with Crippen LogP contribution in [0.25, 0.3) is 0 Å². The highest BCUT2D eigenvalue weighted by molar-refractivity contribution is 5.27. The minimum atomic E-state index is 0.738. The molecule has 0 saturated heterocycles. The molecular formula is C16H24O. The van der Waals surface area contributed by atoms with Crippen molar-refractivity contribution < 1.29 is 4.74 Å². The van der Waals surface area contributed by atoms with Gasteiger partial charge in [0.25, 0.3) is 0 Å². The molecule has 1 heteroatoms. The van der Waals surface area contributed by atoms with Gasteiger partial charge in [-0.25, -0.2) is 0 Å². The van der Waals surface area contributed by atoms with Gasteiger partial charge in [0.2, 0.25) is 0 Å². The van der Waals surface area contributed by atoms with Crippen LogP contribution < -0.4 is 4.74 Å². The molecule has 0 unspecified atom stereocenters. The maximum Gasteiger partial charge on any atom is 0.119 e. The average Bonchev–Trinajstić information content (AvgIpc) is 2.36. The van der Waals surface area contributed by atoms with Crippen molar-refractivity contribution in [2.45, 2.75) is 46.0 Å². The highest BCUT2D eigenvalue weighted by Crippen LogP contribution is 2.13. The molecule has 0 saturated carbocycles. The maximum absolute atomic E-state index is 5.42. The molecule has 1 nitrogen and oxygen atoms in total. The third-order valence-electron chi connectivity index (χ3n) is 2.69. The largest absolute Gasteiger partial charge is 0.494 e. The zero-order valence-electron chi connectivity index (χ0n) is 11.1. The highest BCUT2D eigenvalue weighted by atomic mass is 16.5. The van der Waals surface area contributed by atoms with E-state index in [1.165, 1.54) is 31.2 Å². The number of allylic oxidation sites excluding steroid dienone is 2. The van der Waals surface area contributed by atoms with Crippen molar-refractivity contribution in [3.63, 3.8) is 0 Å². The second-order valence-corrected chi connectivity index (χ2v) is 4.23. The molecular weight excluding hydrogens is 208 g/mol. The van der Waals surface area contributed by atoms with Gasteiger partial charge in [0, 0.05) is 0 Å². The number of hydrogen-bond donors (Lipinski definition) is 0. The normalized spacial score (nSPS) is 10.9. The molecule has 1 aromatic rings. The molecule has 0 N–H and O–H groups in total. The molecule has 0 fully saturated rings. The van der Waals surface area contributed by atoms with Gasteiger partial charge in [-0.1, -0.05) is 37.6 Å². The lowest BCUT2D eigenvalue weighted by atomic mass is 10.1. The lowest BCUT2D eigenvalue weighted by Crippen LogP contribution is -1.91. The smallest absolute Gasteiger partial charge is 0.119 e. The van der Waals surface area contributed by atoms with E-state index in [0.717, 1.165) is 18.8 Å². The molecule has 0 bridgehead atoms. The van der Waals surface area contributed by atoms with E-state index in [1.54, 1.807) is 0 Å². The van der Waals surface area contributed by atoms with E-state index in [9.17, 15) is 0 Å². The van der Waals surface area contributed by atoms with Crippen LogP contribution >= 0.6 is 0 Å². The Balaban J connectivity index is 2.22. The highest BCUT2D eigenvalue weighted by Gasteiger charge is 1.94. The number of rotatable bonds is 8. The Bertz CT molecular complexity index is 311. The van der Waals surface area contributed by atoms with Gasteiger partial charge in [-0.15, -0.1) is 0 Å². The molecule has 0 aliphatic rings. The van der Waals surface area contributed by atoms with Crippen LogP contribution in [0.4, 0.5) is 0 Å². The Hall–Kier alpha value is -1.24. The average molecular weight is 232 g/mol. The van der Waals surface area contributed by atoms with Crippen molar-refractivity contribution in [2.75, 3.05) is 6.61 Å². The van der Waals surface area contributed by atoms with E-state index in [0.29, 0.717) is 0 Å². The van der Waals surface area contributed by atoms with Gasteiger partial charge >= 0.3 is 0 Å². The molecule has 17 heavy (non-hydrogen) atoms. The van der Waals surface area contributed by atoms with Gasteiger partial charge in [-0.2, -0.15) is 0 Å². The van der Waals surface area contributed by atoms with Crippen LogP contribution in [0.5, 0.6) is 5.75 Å². The summed E-state index contributed by atoms with van der Waals surface area (Å²) in [7, 11) is 0. The van der Waals surface area contributed by atoms with Crippen molar-refractivity contribution in [2.24, 2.45) is 0 Å². The first-order valence-electron chi connectivity index (χ1n) is 6.73. The maximum atomic E-state index is 5.42. The van der Waals surface area contributed by atoms with Crippen molar-refractivity contribution in [1.82, 2.24) is 0 Å². The fraction of sp³-hybridized carbons (Fsp3) is 0.500. The van der Waals surface area contributed by atoms with Gasteiger partial charge in [-0.05, 0) is 50.3 Å². The van der Waals surface area contributed by atoms with Gasteiger partial charge in [0.05, 0.1) is 6.61 Å². The van der Waals surface area contributed by atoms with E-state index < -0.39 is 0 Å². The molecule has 0 aliphatic carbocycles. The van der Waals surface area contributed by atoms with Crippen molar-refractivity contribution in [3.8, 4) is 5.75 Å². The minimum absolute atomic E-state index is 0.738. The van der Waals surface area contributed by atoms with Crippen molar-refractivity contribution in [1.29, 1.82) is 0 Å². The third kappa shape index (κ3) is 6.15. The molecule has 1 aromatic carbocycles. The predicted molar refractivity (Wildman–Crippen MR) is 74.6 cm³/mol. The minimum Gasteiger partial charge on any atom is -0.494 e. The Morgan fingerprint density at radius 2 is 1.71 bits per heavy atom. The SMILES string of the molecule is CCCC=CCCCc1ccc(OCC)cc1. The first-order valence-corrected chi connectivity index (χ1v) is 6.73. The molecule has 0 atom stereocenters. The molecule has 0 heterocycles.